The van der Waals surface area contributed by atoms with Crippen LogP contribution in [0.4, 0.5) is 10.1 Å². The van der Waals surface area contributed by atoms with Gasteiger partial charge in [0.15, 0.2) is 0 Å². The van der Waals surface area contributed by atoms with Crippen LogP contribution in [0.25, 0.3) is 10.9 Å². The Morgan fingerprint density at radius 2 is 2.15 bits per heavy atom. The van der Waals surface area contributed by atoms with Gasteiger partial charge >= 0.3 is 5.97 Å². The zero-order valence-electron chi connectivity index (χ0n) is 14.5. The first kappa shape index (κ1) is 16.5. The molecule has 0 bridgehead atoms. The van der Waals surface area contributed by atoms with Crippen LogP contribution >= 0.6 is 0 Å². The number of esters is 1. The van der Waals surface area contributed by atoms with Gasteiger partial charge in [-0.1, -0.05) is 6.07 Å². The minimum atomic E-state index is -0.321. The van der Waals surface area contributed by atoms with E-state index in [0.717, 1.165) is 36.2 Å². The standard InChI is InChI=1S/C21H19FN2O2/c1-26-21(25)15-7-9-19-14(12-15)4-3-11-24(19)13-16-6-8-18(22)17-5-2-10-23-20(16)17/h2,5-10,12H,3-4,11,13H2,1H3. The fourth-order valence-electron chi connectivity index (χ4n) is 3.61. The molecule has 1 aliphatic rings. The third-order valence-corrected chi connectivity index (χ3v) is 4.88. The summed E-state index contributed by atoms with van der Waals surface area (Å²) in [5.74, 6) is -0.572. The monoisotopic (exact) mass is 350 g/mol. The highest BCUT2D eigenvalue weighted by Gasteiger charge is 2.20. The van der Waals surface area contributed by atoms with Crippen LogP contribution in [0.5, 0.6) is 0 Å². The Morgan fingerprint density at radius 1 is 1.27 bits per heavy atom. The van der Waals surface area contributed by atoms with Gasteiger partial charge in [-0.15, -0.1) is 0 Å². The molecule has 0 spiro atoms. The average molecular weight is 350 g/mol. The van der Waals surface area contributed by atoms with Gasteiger partial charge < -0.3 is 9.64 Å². The van der Waals surface area contributed by atoms with E-state index in [-0.39, 0.29) is 11.8 Å². The second-order valence-corrected chi connectivity index (χ2v) is 6.47. The van der Waals surface area contributed by atoms with Crippen molar-refractivity contribution in [3.63, 3.8) is 0 Å². The molecule has 0 saturated carbocycles. The molecule has 5 heteroatoms. The molecular formula is C21H19FN2O2. The highest BCUT2D eigenvalue weighted by molar-refractivity contribution is 5.90. The molecule has 3 aromatic rings. The summed E-state index contributed by atoms with van der Waals surface area (Å²) in [6.07, 6.45) is 3.63. The summed E-state index contributed by atoms with van der Waals surface area (Å²) in [6.45, 7) is 1.56. The van der Waals surface area contributed by atoms with Gasteiger partial charge in [0.25, 0.3) is 0 Å². The van der Waals surface area contributed by atoms with Crippen LogP contribution in [-0.2, 0) is 17.7 Å². The minimum absolute atomic E-state index is 0.251. The third-order valence-electron chi connectivity index (χ3n) is 4.88. The van der Waals surface area contributed by atoms with E-state index < -0.39 is 0 Å². The average Bonchev–Trinajstić information content (AvgIpc) is 2.69. The number of carbonyl (C=O) groups is 1. The number of methoxy groups -OCH3 is 1. The molecule has 0 atom stereocenters. The Hall–Kier alpha value is -2.95. The van der Waals surface area contributed by atoms with Gasteiger partial charge in [0.05, 0.1) is 18.2 Å². The number of pyridine rings is 1. The van der Waals surface area contributed by atoms with Crippen LogP contribution in [-0.4, -0.2) is 24.6 Å². The van der Waals surface area contributed by atoms with E-state index in [1.807, 2.05) is 18.2 Å². The molecule has 1 aliphatic heterocycles. The molecule has 1 aromatic heterocycles. The smallest absolute Gasteiger partial charge is 0.337 e. The summed E-state index contributed by atoms with van der Waals surface area (Å²) < 4.78 is 18.9. The van der Waals surface area contributed by atoms with Gasteiger partial charge in [-0.3, -0.25) is 4.98 Å². The number of hydrogen-bond donors (Lipinski definition) is 0. The van der Waals surface area contributed by atoms with Gasteiger partial charge in [-0.2, -0.15) is 0 Å². The molecule has 0 aliphatic carbocycles. The molecule has 132 valence electrons. The molecule has 26 heavy (non-hydrogen) atoms. The molecule has 2 aromatic carbocycles. The van der Waals surface area contributed by atoms with Crippen LogP contribution in [0.2, 0.25) is 0 Å². The van der Waals surface area contributed by atoms with Crippen LogP contribution in [0.3, 0.4) is 0 Å². The van der Waals surface area contributed by atoms with Crippen molar-refractivity contribution in [1.29, 1.82) is 0 Å². The SMILES string of the molecule is COC(=O)c1ccc2c(c1)CCCN2Cc1ccc(F)c2cccnc12. The van der Waals surface area contributed by atoms with Crippen LogP contribution in [0.15, 0.2) is 48.7 Å². The van der Waals surface area contributed by atoms with E-state index >= 15 is 0 Å². The van der Waals surface area contributed by atoms with Crippen molar-refractivity contribution >= 4 is 22.6 Å². The van der Waals surface area contributed by atoms with Gasteiger partial charge in [-0.05, 0) is 60.4 Å². The van der Waals surface area contributed by atoms with E-state index in [2.05, 4.69) is 9.88 Å². The maximum atomic E-state index is 14.0. The Morgan fingerprint density at radius 3 is 3.00 bits per heavy atom. The molecule has 0 N–H and O–H groups in total. The lowest BCUT2D eigenvalue weighted by molar-refractivity contribution is 0.0600. The van der Waals surface area contributed by atoms with E-state index in [0.29, 0.717) is 23.0 Å². The molecule has 2 heterocycles. The zero-order chi connectivity index (χ0) is 18.1. The summed E-state index contributed by atoms with van der Waals surface area (Å²) in [5.41, 5.74) is 4.51. The van der Waals surface area contributed by atoms with Gasteiger partial charge in [0.2, 0.25) is 0 Å². The highest BCUT2D eigenvalue weighted by atomic mass is 19.1. The number of aryl methyl sites for hydroxylation is 1. The second kappa shape index (κ2) is 6.75. The predicted molar refractivity (Wildman–Crippen MR) is 98.9 cm³/mol. The number of rotatable bonds is 3. The number of carbonyl (C=O) groups excluding carboxylic acids is 1. The van der Waals surface area contributed by atoms with E-state index in [4.69, 9.17) is 4.74 Å². The van der Waals surface area contributed by atoms with Crippen molar-refractivity contribution in [3.8, 4) is 0 Å². The summed E-state index contributed by atoms with van der Waals surface area (Å²) in [5, 5.41) is 0.545. The van der Waals surface area contributed by atoms with E-state index in [9.17, 15) is 9.18 Å². The van der Waals surface area contributed by atoms with Gasteiger partial charge in [-0.25, -0.2) is 9.18 Å². The number of halogens is 1. The lowest BCUT2D eigenvalue weighted by Gasteiger charge is -2.32. The molecule has 0 fully saturated rings. The number of ether oxygens (including phenoxy) is 1. The summed E-state index contributed by atoms with van der Waals surface area (Å²) in [4.78, 5) is 18.4. The largest absolute Gasteiger partial charge is 0.465 e. The van der Waals surface area contributed by atoms with Crippen LogP contribution in [0, 0.1) is 5.82 Å². The predicted octanol–water partition coefficient (Wildman–Crippen LogP) is 4.11. The Bertz CT molecular complexity index is 987. The highest BCUT2D eigenvalue weighted by Crippen LogP contribution is 2.31. The maximum Gasteiger partial charge on any atom is 0.337 e. The first-order chi connectivity index (χ1) is 12.7. The fraction of sp³-hybridized carbons (Fsp3) is 0.238. The second-order valence-electron chi connectivity index (χ2n) is 6.47. The molecule has 0 saturated heterocycles. The molecule has 0 unspecified atom stereocenters. The molecular weight excluding hydrogens is 331 g/mol. The molecule has 4 nitrogen and oxygen atoms in total. The van der Waals surface area contributed by atoms with Crippen molar-refractivity contribution in [2.75, 3.05) is 18.6 Å². The van der Waals surface area contributed by atoms with E-state index in [1.54, 1.807) is 24.4 Å². The first-order valence-electron chi connectivity index (χ1n) is 8.65. The van der Waals surface area contributed by atoms with Gasteiger partial charge in [0.1, 0.15) is 5.82 Å². The van der Waals surface area contributed by atoms with Crippen molar-refractivity contribution in [1.82, 2.24) is 4.98 Å². The summed E-state index contributed by atoms with van der Waals surface area (Å²) in [6, 6.07) is 12.5. The quantitative estimate of drug-likeness (QED) is 0.667. The first-order valence-corrected chi connectivity index (χ1v) is 8.65. The lowest BCUT2D eigenvalue weighted by Crippen LogP contribution is -2.29. The Labute approximate surface area is 151 Å². The number of hydrogen-bond acceptors (Lipinski definition) is 4. The number of aromatic nitrogens is 1. The third kappa shape index (κ3) is 2.90. The Kier molecular flexibility index (Phi) is 4.29. The number of fused-ring (bicyclic) bond motifs is 2. The van der Waals surface area contributed by atoms with Crippen molar-refractivity contribution in [2.45, 2.75) is 19.4 Å². The normalized spacial score (nSPS) is 13.5. The van der Waals surface area contributed by atoms with E-state index in [1.165, 1.54) is 13.2 Å². The minimum Gasteiger partial charge on any atom is -0.465 e. The van der Waals surface area contributed by atoms with Crippen LogP contribution < -0.4 is 4.90 Å². The lowest BCUT2D eigenvalue weighted by atomic mass is 9.98. The van der Waals surface area contributed by atoms with Crippen LogP contribution in [0.1, 0.15) is 27.9 Å². The number of anilines is 1. The fourth-order valence-corrected chi connectivity index (χ4v) is 3.61. The maximum absolute atomic E-state index is 14.0. The number of nitrogens with zero attached hydrogens (tertiary/aromatic N) is 2. The van der Waals surface area contributed by atoms with Crippen molar-refractivity contribution in [3.05, 3.63) is 71.2 Å². The number of benzene rings is 2. The van der Waals surface area contributed by atoms with Crippen molar-refractivity contribution < 1.29 is 13.9 Å². The van der Waals surface area contributed by atoms with Crippen molar-refractivity contribution in [2.24, 2.45) is 0 Å². The zero-order valence-corrected chi connectivity index (χ0v) is 14.5. The molecule has 0 amide bonds. The molecule has 4 rings (SSSR count). The summed E-state index contributed by atoms with van der Waals surface area (Å²) in [7, 11) is 1.39. The van der Waals surface area contributed by atoms with Gasteiger partial charge in [0, 0.05) is 30.4 Å². The molecule has 0 radical (unpaired) electrons. The Balaban J connectivity index is 1.69. The summed E-state index contributed by atoms with van der Waals surface area (Å²) >= 11 is 0. The topological polar surface area (TPSA) is 42.4 Å².